The van der Waals surface area contributed by atoms with Gasteiger partial charge in [-0.05, 0) is 37.8 Å². The molecule has 1 aromatic heterocycles. The number of anilines is 1. The molecule has 0 spiro atoms. The molecule has 1 fully saturated rings. The van der Waals surface area contributed by atoms with Crippen molar-refractivity contribution >= 4 is 17.0 Å². The standard InChI is InChI=1S/C14H16N2S/c1-10-16-14(9-17-10)12-4-6-13(7-5-12)15-8-11-2-3-11/h4-7,9,11,15H,2-3,8H2,1H3. The number of rotatable bonds is 4. The Balaban J connectivity index is 1.70. The zero-order valence-corrected chi connectivity index (χ0v) is 10.8. The van der Waals surface area contributed by atoms with E-state index in [0.29, 0.717) is 0 Å². The lowest BCUT2D eigenvalue weighted by Crippen LogP contribution is -2.02. The highest BCUT2D eigenvalue weighted by atomic mass is 32.1. The summed E-state index contributed by atoms with van der Waals surface area (Å²) in [7, 11) is 0. The average molecular weight is 244 g/mol. The van der Waals surface area contributed by atoms with Gasteiger partial charge in [-0.3, -0.25) is 0 Å². The van der Waals surface area contributed by atoms with Crippen molar-refractivity contribution in [1.29, 1.82) is 0 Å². The molecule has 0 bridgehead atoms. The molecule has 0 amide bonds. The molecule has 1 aliphatic carbocycles. The van der Waals surface area contributed by atoms with Gasteiger partial charge in [0.2, 0.25) is 0 Å². The van der Waals surface area contributed by atoms with Crippen LogP contribution in [0.5, 0.6) is 0 Å². The Hall–Kier alpha value is -1.35. The molecule has 0 atom stereocenters. The number of aromatic nitrogens is 1. The molecule has 0 aliphatic heterocycles. The number of nitrogens with one attached hydrogen (secondary N) is 1. The maximum absolute atomic E-state index is 4.49. The normalized spacial score (nSPS) is 14.9. The number of aryl methyl sites for hydroxylation is 1. The van der Waals surface area contributed by atoms with Gasteiger partial charge in [-0.15, -0.1) is 11.3 Å². The second kappa shape index (κ2) is 4.49. The lowest BCUT2D eigenvalue weighted by molar-refractivity contribution is 0.889. The minimum Gasteiger partial charge on any atom is -0.385 e. The van der Waals surface area contributed by atoms with E-state index in [9.17, 15) is 0 Å². The third kappa shape index (κ3) is 2.67. The van der Waals surface area contributed by atoms with Gasteiger partial charge >= 0.3 is 0 Å². The van der Waals surface area contributed by atoms with E-state index in [4.69, 9.17) is 0 Å². The van der Waals surface area contributed by atoms with E-state index in [2.05, 4.69) is 39.9 Å². The first-order chi connectivity index (χ1) is 8.31. The predicted molar refractivity (Wildman–Crippen MR) is 73.5 cm³/mol. The van der Waals surface area contributed by atoms with Crippen LogP contribution in [0.3, 0.4) is 0 Å². The zero-order chi connectivity index (χ0) is 11.7. The average Bonchev–Trinajstić information content (AvgIpc) is 3.09. The summed E-state index contributed by atoms with van der Waals surface area (Å²) < 4.78 is 0. The summed E-state index contributed by atoms with van der Waals surface area (Å²) in [6.45, 7) is 3.16. The quantitative estimate of drug-likeness (QED) is 0.881. The van der Waals surface area contributed by atoms with Gasteiger partial charge in [0.25, 0.3) is 0 Å². The van der Waals surface area contributed by atoms with E-state index in [1.165, 1.54) is 24.1 Å². The van der Waals surface area contributed by atoms with Gasteiger partial charge in [0, 0.05) is 23.2 Å². The summed E-state index contributed by atoms with van der Waals surface area (Å²) in [5.74, 6) is 0.913. The maximum Gasteiger partial charge on any atom is 0.0901 e. The Bertz CT molecular complexity index is 497. The first kappa shape index (κ1) is 10.8. The van der Waals surface area contributed by atoms with E-state index in [1.54, 1.807) is 11.3 Å². The van der Waals surface area contributed by atoms with Crippen molar-refractivity contribution in [2.75, 3.05) is 11.9 Å². The third-order valence-electron chi connectivity index (χ3n) is 3.09. The lowest BCUT2D eigenvalue weighted by Gasteiger charge is -2.05. The fourth-order valence-corrected chi connectivity index (χ4v) is 2.46. The molecule has 1 aromatic carbocycles. The molecule has 88 valence electrons. The van der Waals surface area contributed by atoms with Crippen LogP contribution >= 0.6 is 11.3 Å². The summed E-state index contributed by atoms with van der Waals surface area (Å²) >= 11 is 1.70. The van der Waals surface area contributed by atoms with Crippen LogP contribution in [0.1, 0.15) is 17.8 Å². The van der Waals surface area contributed by atoms with E-state index >= 15 is 0 Å². The molecule has 0 saturated heterocycles. The number of benzene rings is 1. The predicted octanol–water partition coefficient (Wildman–Crippen LogP) is 3.94. The van der Waals surface area contributed by atoms with Crippen LogP contribution in [-0.4, -0.2) is 11.5 Å². The van der Waals surface area contributed by atoms with Gasteiger partial charge in [0.05, 0.1) is 10.7 Å². The van der Waals surface area contributed by atoms with Gasteiger partial charge in [-0.2, -0.15) is 0 Å². The minimum absolute atomic E-state index is 0.913. The van der Waals surface area contributed by atoms with Crippen molar-refractivity contribution in [3.63, 3.8) is 0 Å². The molecule has 1 aliphatic rings. The van der Waals surface area contributed by atoms with Crippen LogP contribution in [0, 0.1) is 12.8 Å². The van der Waals surface area contributed by atoms with Crippen LogP contribution in [0.2, 0.25) is 0 Å². The highest BCUT2D eigenvalue weighted by Crippen LogP contribution is 2.29. The number of thiazole rings is 1. The SMILES string of the molecule is Cc1nc(-c2ccc(NCC3CC3)cc2)cs1. The van der Waals surface area contributed by atoms with Crippen molar-refractivity contribution in [1.82, 2.24) is 4.98 Å². The Morgan fingerprint density at radius 2 is 2.06 bits per heavy atom. The smallest absolute Gasteiger partial charge is 0.0901 e. The molecule has 2 aromatic rings. The third-order valence-corrected chi connectivity index (χ3v) is 3.86. The van der Waals surface area contributed by atoms with E-state index in [1.807, 2.05) is 6.92 Å². The van der Waals surface area contributed by atoms with Crippen molar-refractivity contribution in [3.05, 3.63) is 34.7 Å². The fourth-order valence-electron chi connectivity index (χ4n) is 1.84. The van der Waals surface area contributed by atoms with E-state index in [-0.39, 0.29) is 0 Å². The summed E-state index contributed by atoms with van der Waals surface area (Å²) in [4.78, 5) is 4.49. The molecular weight excluding hydrogens is 228 g/mol. The van der Waals surface area contributed by atoms with Crippen LogP contribution in [-0.2, 0) is 0 Å². The van der Waals surface area contributed by atoms with Gasteiger partial charge in [-0.1, -0.05) is 12.1 Å². The van der Waals surface area contributed by atoms with Crippen molar-refractivity contribution in [2.24, 2.45) is 5.92 Å². The monoisotopic (exact) mass is 244 g/mol. The van der Waals surface area contributed by atoms with Gasteiger partial charge < -0.3 is 5.32 Å². The summed E-state index contributed by atoms with van der Waals surface area (Å²) in [5.41, 5.74) is 3.50. The molecule has 2 nitrogen and oxygen atoms in total. The van der Waals surface area contributed by atoms with E-state index in [0.717, 1.165) is 23.2 Å². The van der Waals surface area contributed by atoms with E-state index < -0.39 is 0 Å². The molecular formula is C14H16N2S. The lowest BCUT2D eigenvalue weighted by atomic mass is 10.1. The minimum atomic E-state index is 0.913. The van der Waals surface area contributed by atoms with Crippen molar-refractivity contribution in [2.45, 2.75) is 19.8 Å². The Morgan fingerprint density at radius 3 is 2.65 bits per heavy atom. The first-order valence-electron chi connectivity index (χ1n) is 6.08. The Kier molecular flexibility index (Phi) is 2.85. The van der Waals surface area contributed by atoms with Crippen LogP contribution in [0.4, 0.5) is 5.69 Å². The number of nitrogens with zero attached hydrogens (tertiary/aromatic N) is 1. The maximum atomic E-state index is 4.49. The number of hydrogen-bond acceptors (Lipinski definition) is 3. The van der Waals surface area contributed by atoms with Gasteiger partial charge in [0.15, 0.2) is 0 Å². The van der Waals surface area contributed by atoms with Crippen LogP contribution < -0.4 is 5.32 Å². The summed E-state index contributed by atoms with van der Waals surface area (Å²) in [6, 6.07) is 8.58. The second-order valence-corrected chi connectivity index (χ2v) is 5.72. The molecule has 0 unspecified atom stereocenters. The fraction of sp³-hybridized carbons (Fsp3) is 0.357. The first-order valence-corrected chi connectivity index (χ1v) is 6.96. The molecule has 17 heavy (non-hydrogen) atoms. The number of hydrogen-bond donors (Lipinski definition) is 1. The zero-order valence-electron chi connectivity index (χ0n) is 9.94. The molecule has 1 heterocycles. The largest absolute Gasteiger partial charge is 0.385 e. The Labute approximate surface area is 106 Å². The molecule has 3 rings (SSSR count). The van der Waals surface area contributed by atoms with Gasteiger partial charge in [-0.25, -0.2) is 4.98 Å². The Morgan fingerprint density at radius 1 is 1.29 bits per heavy atom. The van der Waals surface area contributed by atoms with Crippen LogP contribution in [0.15, 0.2) is 29.6 Å². The highest BCUT2D eigenvalue weighted by Gasteiger charge is 2.20. The van der Waals surface area contributed by atoms with Gasteiger partial charge in [0.1, 0.15) is 0 Å². The molecule has 3 heteroatoms. The highest BCUT2D eigenvalue weighted by molar-refractivity contribution is 7.09. The second-order valence-electron chi connectivity index (χ2n) is 4.65. The topological polar surface area (TPSA) is 24.9 Å². The molecule has 1 saturated carbocycles. The summed E-state index contributed by atoms with van der Waals surface area (Å²) in [5, 5.41) is 6.71. The van der Waals surface area contributed by atoms with Crippen LogP contribution in [0.25, 0.3) is 11.3 Å². The van der Waals surface area contributed by atoms with Crippen molar-refractivity contribution < 1.29 is 0 Å². The van der Waals surface area contributed by atoms with Crippen molar-refractivity contribution in [3.8, 4) is 11.3 Å². The molecule has 1 N–H and O–H groups in total. The molecule has 0 radical (unpaired) electrons. The summed E-state index contributed by atoms with van der Waals surface area (Å²) in [6.07, 6.45) is 2.78.